The van der Waals surface area contributed by atoms with Crippen molar-refractivity contribution in [2.75, 3.05) is 20.3 Å². The molecule has 0 N–H and O–H groups in total. The van der Waals surface area contributed by atoms with Gasteiger partial charge >= 0.3 is 21.7 Å². The molecule has 1 aromatic carbocycles. The minimum Gasteiger partial charge on any atom is -0.452 e. The predicted octanol–water partition coefficient (Wildman–Crippen LogP) is 4.67. The number of nitrogens with zero attached hydrogens (tertiary/aromatic N) is 1. The Morgan fingerprint density at radius 2 is 1.78 bits per heavy atom. The second-order valence-corrected chi connectivity index (χ2v) is 9.31. The maximum absolute atomic E-state index is 12.8. The average Bonchev–Trinajstić information content (AvgIpc) is 2.77. The van der Waals surface area contributed by atoms with Gasteiger partial charge in [-0.15, -0.1) is 0 Å². The molecule has 0 aromatic heterocycles. The van der Waals surface area contributed by atoms with Crippen LogP contribution in [0.1, 0.15) is 50.0 Å². The molecule has 178 valence electrons. The molecular formula is C21H26F3NO6S. The van der Waals surface area contributed by atoms with Crippen molar-refractivity contribution in [1.29, 1.82) is 0 Å². The fourth-order valence-electron chi connectivity index (χ4n) is 4.05. The highest BCUT2D eigenvalue weighted by atomic mass is 32.2. The van der Waals surface area contributed by atoms with Gasteiger partial charge in [-0.3, -0.25) is 4.90 Å². The van der Waals surface area contributed by atoms with E-state index in [0.717, 1.165) is 37.7 Å². The van der Waals surface area contributed by atoms with Crippen LogP contribution in [-0.2, 0) is 23.8 Å². The molecule has 1 amide bonds. The largest absolute Gasteiger partial charge is 0.534 e. The summed E-state index contributed by atoms with van der Waals surface area (Å²) in [6.07, 6.45) is 2.43. The molecule has 7 nitrogen and oxygen atoms in total. The van der Waals surface area contributed by atoms with Crippen LogP contribution in [0, 0.1) is 0 Å². The number of methoxy groups -OCH3 is 1. The van der Waals surface area contributed by atoms with Crippen LogP contribution in [-0.4, -0.2) is 51.3 Å². The zero-order valence-corrected chi connectivity index (χ0v) is 18.5. The number of allylic oxidation sites excluding steroid dienone is 1. The van der Waals surface area contributed by atoms with Crippen molar-refractivity contribution in [3.63, 3.8) is 0 Å². The molecule has 1 fully saturated rings. The van der Waals surface area contributed by atoms with E-state index in [2.05, 4.69) is 16.3 Å². The van der Waals surface area contributed by atoms with Gasteiger partial charge in [0, 0.05) is 13.0 Å². The van der Waals surface area contributed by atoms with Crippen LogP contribution in [0.15, 0.2) is 41.8 Å². The van der Waals surface area contributed by atoms with Gasteiger partial charge in [0.25, 0.3) is 0 Å². The van der Waals surface area contributed by atoms with Gasteiger partial charge in [-0.1, -0.05) is 30.3 Å². The summed E-state index contributed by atoms with van der Waals surface area (Å²) in [4.78, 5) is 13.2. The Hall–Kier alpha value is -2.27. The van der Waals surface area contributed by atoms with Crippen molar-refractivity contribution in [2.45, 2.75) is 56.1 Å². The fourth-order valence-corrected chi connectivity index (χ4v) is 4.59. The molecule has 0 spiro atoms. The molecule has 3 rings (SSSR count). The van der Waals surface area contributed by atoms with Gasteiger partial charge < -0.3 is 13.7 Å². The molecule has 1 aliphatic heterocycles. The number of hydrogen-bond acceptors (Lipinski definition) is 6. The minimum absolute atomic E-state index is 0.0545. The standard InChI is InChI=1S/C21H26F3NO6S/c1-29-20(26)25-13-5-8-19(31-32(27,28)21(22,23)24)18(25)14-30-17-11-9-16(10-12-17)15-6-3-2-4-7-15/h2-4,6-7,16-17H,5,8-14H2,1H3/t16-,17+. The van der Waals surface area contributed by atoms with E-state index < -0.39 is 27.5 Å². The van der Waals surface area contributed by atoms with Crippen molar-refractivity contribution in [3.8, 4) is 0 Å². The van der Waals surface area contributed by atoms with Gasteiger partial charge in [0.2, 0.25) is 0 Å². The van der Waals surface area contributed by atoms with Crippen LogP contribution < -0.4 is 0 Å². The van der Waals surface area contributed by atoms with Gasteiger partial charge in [0.05, 0.1) is 25.5 Å². The maximum atomic E-state index is 12.8. The van der Waals surface area contributed by atoms with Gasteiger partial charge in [0.15, 0.2) is 0 Å². The number of alkyl halides is 3. The third kappa shape index (κ3) is 5.74. The number of carbonyl (C=O) groups excluding carboxylic acids is 1. The zero-order valence-electron chi connectivity index (χ0n) is 17.6. The highest BCUT2D eigenvalue weighted by Crippen LogP contribution is 2.35. The van der Waals surface area contributed by atoms with E-state index in [9.17, 15) is 26.4 Å². The Labute approximate surface area is 185 Å². The Bertz CT molecular complexity index is 925. The van der Waals surface area contributed by atoms with Crippen molar-refractivity contribution >= 4 is 16.2 Å². The number of benzene rings is 1. The minimum atomic E-state index is -5.86. The van der Waals surface area contributed by atoms with Crippen molar-refractivity contribution in [1.82, 2.24) is 4.90 Å². The van der Waals surface area contributed by atoms with Crippen molar-refractivity contribution in [3.05, 3.63) is 47.4 Å². The highest BCUT2D eigenvalue weighted by molar-refractivity contribution is 7.87. The summed E-state index contributed by atoms with van der Waals surface area (Å²) < 4.78 is 76.5. The summed E-state index contributed by atoms with van der Waals surface area (Å²) in [5, 5.41) is 0. The zero-order chi connectivity index (χ0) is 23.4. The molecule has 1 heterocycles. The summed E-state index contributed by atoms with van der Waals surface area (Å²) in [5.41, 5.74) is -4.37. The number of amides is 1. The van der Waals surface area contributed by atoms with E-state index in [1.54, 1.807) is 0 Å². The van der Waals surface area contributed by atoms with Crippen LogP contribution in [0.25, 0.3) is 0 Å². The lowest BCUT2D eigenvalue weighted by molar-refractivity contribution is -0.0528. The first-order chi connectivity index (χ1) is 15.1. The third-order valence-electron chi connectivity index (χ3n) is 5.72. The topological polar surface area (TPSA) is 82.1 Å². The molecular weight excluding hydrogens is 451 g/mol. The molecule has 0 radical (unpaired) electrons. The quantitative estimate of drug-likeness (QED) is 0.438. The molecule has 1 aliphatic carbocycles. The number of halogens is 3. The summed E-state index contributed by atoms with van der Waals surface area (Å²) in [7, 11) is -4.73. The normalized spacial score (nSPS) is 22.6. The van der Waals surface area contributed by atoms with Gasteiger partial charge in [-0.25, -0.2) is 4.79 Å². The lowest BCUT2D eigenvalue weighted by Gasteiger charge is -2.33. The monoisotopic (exact) mass is 477 g/mol. The summed E-state index contributed by atoms with van der Waals surface area (Å²) in [6.45, 7) is -0.0937. The number of hydrogen-bond donors (Lipinski definition) is 0. The molecule has 2 aliphatic rings. The Balaban J connectivity index is 1.71. The fraction of sp³-hybridized carbons (Fsp3) is 0.571. The molecule has 1 saturated carbocycles. The smallest absolute Gasteiger partial charge is 0.452 e. The van der Waals surface area contributed by atoms with Crippen LogP contribution in [0.3, 0.4) is 0 Å². The molecule has 32 heavy (non-hydrogen) atoms. The van der Waals surface area contributed by atoms with Gasteiger partial charge in [-0.05, 0) is 43.6 Å². The summed E-state index contributed by atoms with van der Waals surface area (Å²) in [6, 6.07) is 10.1. The van der Waals surface area contributed by atoms with Crippen LogP contribution in [0.2, 0.25) is 0 Å². The second-order valence-electron chi connectivity index (χ2n) is 7.77. The van der Waals surface area contributed by atoms with E-state index >= 15 is 0 Å². The second kappa shape index (κ2) is 10.1. The third-order valence-corrected chi connectivity index (χ3v) is 6.71. The van der Waals surface area contributed by atoms with Crippen LogP contribution in [0.5, 0.6) is 0 Å². The summed E-state index contributed by atoms with van der Waals surface area (Å²) in [5.74, 6) is -0.0377. The van der Waals surface area contributed by atoms with Gasteiger partial charge in [0.1, 0.15) is 5.76 Å². The average molecular weight is 478 g/mol. The molecule has 0 bridgehead atoms. The summed E-state index contributed by atoms with van der Waals surface area (Å²) >= 11 is 0. The maximum Gasteiger partial charge on any atom is 0.534 e. The molecule has 0 atom stereocenters. The van der Waals surface area contributed by atoms with Crippen molar-refractivity contribution < 1.29 is 40.0 Å². The SMILES string of the molecule is COC(=O)N1CCCC(OS(=O)(=O)C(F)(F)F)=C1CO[C@H]1CC[C@@H](c2ccccc2)CC1. The number of ether oxygens (including phenoxy) is 2. The lowest BCUT2D eigenvalue weighted by Crippen LogP contribution is -2.38. The first kappa shape index (κ1) is 24.4. The molecule has 0 saturated heterocycles. The molecule has 0 unspecified atom stereocenters. The van der Waals surface area contributed by atoms with E-state index in [1.807, 2.05) is 18.2 Å². The van der Waals surface area contributed by atoms with E-state index in [4.69, 9.17) is 9.47 Å². The number of rotatable bonds is 6. The lowest BCUT2D eigenvalue weighted by atomic mass is 9.83. The van der Waals surface area contributed by atoms with E-state index in [-0.39, 0.29) is 37.8 Å². The Kier molecular flexibility index (Phi) is 7.71. The number of carbonyl (C=O) groups is 1. The predicted molar refractivity (Wildman–Crippen MR) is 109 cm³/mol. The highest BCUT2D eigenvalue weighted by Gasteiger charge is 2.49. The Morgan fingerprint density at radius 3 is 2.38 bits per heavy atom. The van der Waals surface area contributed by atoms with Crippen molar-refractivity contribution in [2.24, 2.45) is 0 Å². The first-order valence-electron chi connectivity index (χ1n) is 10.4. The van der Waals surface area contributed by atoms with Crippen LogP contribution in [0.4, 0.5) is 18.0 Å². The molecule has 1 aromatic rings. The van der Waals surface area contributed by atoms with Crippen LogP contribution >= 0.6 is 0 Å². The van der Waals surface area contributed by atoms with E-state index in [1.165, 1.54) is 5.56 Å². The first-order valence-corrected chi connectivity index (χ1v) is 11.8. The Morgan fingerprint density at radius 1 is 1.12 bits per heavy atom. The molecule has 11 heteroatoms. The van der Waals surface area contributed by atoms with Gasteiger partial charge in [-0.2, -0.15) is 21.6 Å². The van der Waals surface area contributed by atoms with E-state index in [0.29, 0.717) is 5.92 Å².